The fourth-order valence-electron chi connectivity index (χ4n) is 2.83. The van der Waals surface area contributed by atoms with Crippen LogP contribution in [0, 0.1) is 6.92 Å². The van der Waals surface area contributed by atoms with Crippen LogP contribution in [0.5, 0.6) is 0 Å². The van der Waals surface area contributed by atoms with Gasteiger partial charge in [-0.05, 0) is 24.6 Å². The van der Waals surface area contributed by atoms with Gasteiger partial charge in [-0.2, -0.15) is 0 Å². The Balaban J connectivity index is 2.06. The molecule has 9 nitrogen and oxygen atoms in total. The van der Waals surface area contributed by atoms with Crippen molar-refractivity contribution in [2.24, 2.45) is 0 Å². The minimum atomic E-state index is -0.830. The molecule has 0 aliphatic carbocycles. The third kappa shape index (κ3) is 4.43. The van der Waals surface area contributed by atoms with Crippen molar-refractivity contribution in [3.8, 4) is 0 Å². The lowest BCUT2D eigenvalue weighted by Gasteiger charge is -2.17. The largest absolute Gasteiger partial charge is 0.383 e. The molecule has 2 rings (SSSR count). The van der Waals surface area contributed by atoms with Crippen LogP contribution in [0.15, 0.2) is 18.2 Å². The molecule has 1 aliphatic heterocycles. The molecule has 146 valence electrons. The second-order valence-electron chi connectivity index (χ2n) is 6.29. The fraction of sp³-hybridized carbons (Fsp3) is 0.444. The second-order valence-corrected chi connectivity index (χ2v) is 6.29. The monoisotopic (exact) mass is 376 g/mol. The van der Waals surface area contributed by atoms with Crippen LogP contribution >= 0.6 is 0 Å². The third-order valence-electron chi connectivity index (χ3n) is 4.49. The zero-order valence-corrected chi connectivity index (χ0v) is 15.9. The van der Waals surface area contributed by atoms with Crippen LogP contribution in [0.4, 0.5) is 10.5 Å². The number of likely N-dealkylation sites (N-methyl/N-ethyl adjacent to an activating group) is 2. The normalized spacial score (nSPS) is 16.7. The molecule has 0 saturated carbocycles. The summed E-state index contributed by atoms with van der Waals surface area (Å²) in [4.78, 5) is 50.7. The molecule has 1 heterocycles. The molecule has 1 saturated heterocycles. The van der Waals surface area contributed by atoms with E-state index in [1.807, 2.05) is 0 Å². The molecule has 5 amide bonds. The summed E-state index contributed by atoms with van der Waals surface area (Å²) < 4.78 is 4.90. The summed E-state index contributed by atoms with van der Waals surface area (Å²) in [6, 6.07) is 3.73. The van der Waals surface area contributed by atoms with E-state index in [-0.39, 0.29) is 12.3 Å². The molecular formula is C18H24N4O5. The summed E-state index contributed by atoms with van der Waals surface area (Å²) in [6.07, 6.45) is -0.158. The van der Waals surface area contributed by atoms with Gasteiger partial charge in [0.2, 0.25) is 5.91 Å². The van der Waals surface area contributed by atoms with Crippen LogP contribution in [-0.2, 0) is 14.3 Å². The minimum Gasteiger partial charge on any atom is -0.383 e. The van der Waals surface area contributed by atoms with Gasteiger partial charge in [-0.25, -0.2) is 4.79 Å². The van der Waals surface area contributed by atoms with Gasteiger partial charge >= 0.3 is 6.03 Å². The van der Waals surface area contributed by atoms with E-state index in [9.17, 15) is 19.2 Å². The SMILES string of the molecule is COCCNC(=O)c1cccc(NC(=O)CC2C(=O)N(C)C(=O)N2C)c1C. The van der Waals surface area contributed by atoms with E-state index in [1.54, 1.807) is 32.2 Å². The van der Waals surface area contributed by atoms with Gasteiger partial charge in [0.1, 0.15) is 6.04 Å². The lowest BCUT2D eigenvalue weighted by atomic mass is 10.1. The van der Waals surface area contributed by atoms with Crippen molar-refractivity contribution in [3.63, 3.8) is 0 Å². The molecule has 1 fully saturated rings. The molecule has 2 N–H and O–H groups in total. The summed E-state index contributed by atoms with van der Waals surface area (Å²) >= 11 is 0. The van der Waals surface area contributed by atoms with Crippen molar-refractivity contribution in [2.45, 2.75) is 19.4 Å². The summed E-state index contributed by atoms with van der Waals surface area (Å²) in [5.74, 6) is -1.09. The van der Waals surface area contributed by atoms with E-state index in [2.05, 4.69) is 10.6 Å². The van der Waals surface area contributed by atoms with E-state index in [0.29, 0.717) is 30.0 Å². The quantitative estimate of drug-likeness (QED) is 0.535. The highest BCUT2D eigenvalue weighted by Crippen LogP contribution is 2.21. The number of amides is 5. The number of ether oxygens (including phenoxy) is 1. The second kappa shape index (κ2) is 8.63. The summed E-state index contributed by atoms with van der Waals surface area (Å²) in [6.45, 7) is 2.51. The Hall–Kier alpha value is -2.94. The maximum atomic E-state index is 12.4. The Morgan fingerprint density at radius 3 is 2.52 bits per heavy atom. The number of carbonyl (C=O) groups is 4. The van der Waals surface area contributed by atoms with E-state index >= 15 is 0 Å². The van der Waals surface area contributed by atoms with Crippen molar-refractivity contribution < 1.29 is 23.9 Å². The van der Waals surface area contributed by atoms with Crippen molar-refractivity contribution in [1.82, 2.24) is 15.1 Å². The first-order chi connectivity index (χ1) is 12.8. The van der Waals surface area contributed by atoms with Crippen molar-refractivity contribution in [3.05, 3.63) is 29.3 Å². The van der Waals surface area contributed by atoms with Crippen molar-refractivity contribution >= 4 is 29.4 Å². The number of methoxy groups -OCH3 is 1. The number of hydrogen-bond donors (Lipinski definition) is 2. The molecule has 1 aromatic rings. The van der Waals surface area contributed by atoms with Gasteiger partial charge in [-0.3, -0.25) is 19.3 Å². The number of imide groups is 1. The highest BCUT2D eigenvalue weighted by molar-refractivity contribution is 6.07. The van der Waals surface area contributed by atoms with E-state index in [4.69, 9.17) is 4.74 Å². The van der Waals surface area contributed by atoms with Crippen molar-refractivity contribution in [1.29, 1.82) is 0 Å². The first kappa shape index (κ1) is 20.4. The standard InChI is InChI=1S/C18H24N4O5/c1-11-12(16(24)19-8-9-27-4)6-5-7-13(11)20-15(23)10-14-17(25)22(3)18(26)21(14)2/h5-7,14H,8-10H2,1-4H3,(H,19,24)(H,20,23). The van der Waals surface area contributed by atoms with Gasteiger partial charge in [0.05, 0.1) is 13.0 Å². The topological polar surface area (TPSA) is 108 Å². The molecule has 0 bridgehead atoms. The zero-order valence-electron chi connectivity index (χ0n) is 15.9. The highest BCUT2D eigenvalue weighted by atomic mass is 16.5. The molecule has 1 unspecified atom stereocenters. The first-order valence-electron chi connectivity index (χ1n) is 8.48. The lowest BCUT2D eigenvalue weighted by Crippen LogP contribution is -2.35. The van der Waals surface area contributed by atoms with Crippen LogP contribution < -0.4 is 10.6 Å². The molecule has 1 atom stereocenters. The van der Waals surface area contributed by atoms with Gasteiger partial charge in [-0.15, -0.1) is 0 Å². The van der Waals surface area contributed by atoms with Gasteiger partial charge in [-0.1, -0.05) is 6.07 Å². The molecule has 0 aromatic heterocycles. The van der Waals surface area contributed by atoms with Crippen molar-refractivity contribution in [2.75, 3.05) is 39.7 Å². The van der Waals surface area contributed by atoms with E-state index in [1.165, 1.54) is 19.0 Å². The van der Waals surface area contributed by atoms with Crippen LogP contribution in [0.1, 0.15) is 22.3 Å². The first-order valence-corrected chi connectivity index (χ1v) is 8.48. The average molecular weight is 376 g/mol. The summed E-state index contributed by atoms with van der Waals surface area (Å²) in [5, 5.41) is 5.45. The summed E-state index contributed by atoms with van der Waals surface area (Å²) in [7, 11) is 4.41. The number of hydrogen-bond acceptors (Lipinski definition) is 5. The molecule has 1 aliphatic rings. The maximum Gasteiger partial charge on any atom is 0.326 e. The number of nitrogens with one attached hydrogen (secondary N) is 2. The van der Waals surface area contributed by atoms with Crippen LogP contribution in [-0.4, -0.2) is 74.0 Å². The Kier molecular flexibility index (Phi) is 6.51. The number of anilines is 1. The van der Waals surface area contributed by atoms with Gasteiger partial charge in [0.15, 0.2) is 0 Å². The van der Waals surface area contributed by atoms with Gasteiger partial charge in [0, 0.05) is 39.0 Å². The molecule has 0 radical (unpaired) electrons. The Morgan fingerprint density at radius 1 is 1.22 bits per heavy atom. The smallest absolute Gasteiger partial charge is 0.326 e. The average Bonchev–Trinajstić information content (AvgIpc) is 2.81. The van der Waals surface area contributed by atoms with Gasteiger partial charge < -0.3 is 20.3 Å². The number of nitrogens with zero attached hydrogens (tertiary/aromatic N) is 2. The Morgan fingerprint density at radius 2 is 1.93 bits per heavy atom. The molecular weight excluding hydrogens is 352 g/mol. The number of carbonyl (C=O) groups excluding carboxylic acids is 4. The maximum absolute atomic E-state index is 12.4. The third-order valence-corrected chi connectivity index (χ3v) is 4.49. The van der Waals surface area contributed by atoms with Crippen LogP contribution in [0.2, 0.25) is 0 Å². The number of rotatable bonds is 7. The van der Waals surface area contributed by atoms with Crippen LogP contribution in [0.3, 0.4) is 0 Å². The zero-order chi connectivity index (χ0) is 20.1. The van der Waals surface area contributed by atoms with E-state index in [0.717, 1.165) is 4.90 Å². The predicted molar refractivity (Wildman–Crippen MR) is 98.4 cm³/mol. The lowest BCUT2D eigenvalue weighted by molar-refractivity contribution is -0.129. The van der Waals surface area contributed by atoms with Gasteiger partial charge in [0.25, 0.3) is 11.8 Å². The van der Waals surface area contributed by atoms with Crippen LogP contribution in [0.25, 0.3) is 0 Å². The number of urea groups is 1. The predicted octanol–water partition coefficient (Wildman–Crippen LogP) is 0.592. The highest BCUT2D eigenvalue weighted by Gasteiger charge is 2.41. The molecule has 9 heteroatoms. The minimum absolute atomic E-state index is 0.158. The molecule has 0 spiro atoms. The summed E-state index contributed by atoms with van der Waals surface area (Å²) in [5.41, 5.74) is 1.53. The Labute approximate surface area is 157 Å². The Bertz CT molecular complexity index is 764. The fourth-order valence-corrected chi connectivity index (χ4v) is 2.83. The number of benzene rings is 1. The molecule has 1 aromatic carbocycles. The van der Waals surface area contributed by atoms with E-state index < -0.39 is 23.9 Å². The molecule has 27 heavy (non-hydrogen) atoms.